The van der Waals surface area contributed by atoms with Crippen LogP contribution in [0.25, 0.3) is 0 Å². The van der Waals surface area contributed by atoms with E-state index in [0.29, 0.717) is 32.2 Å². The SMILES string of the molecule is COC(=O)C1(c2ccc(S(=O)(=O)N3CCC[C@H](C(=O)O)[C@@H]3C)cc2)CC1. The maximum atomic E-state index is 13.0. The number of hydrogen-bond donors (Lipinski definition) is 1. The molecule has 0 spiro atoms. The number of piperidine rings is 1. The zero-order chi connectivity index (χ0) is 19.1. The molecule has 1 aliphatic heterocycles. The molecule has 0 aromatic heterocycles. The summed E-state index contributed by atoms with van der Waals surface area (Å²) in [4.78, 5) is 23.4. The normalized spacial score (nSPS) is 25.5. The van der Waals surface area contributed by atoms with Crippen molar-refractivity contribution >= 4 is 22.0 Å². The lowest BCUT2D eigenvalue weighted by molar-refractivity contribution is -0.145. The second-order valence-corrected chi connectivity index (χ2v) is 8.93. The van der Waals surface area contributed by atoms with Crippen LogP contribution in [0.3, 0.4) is 0 Å². The van der Waals surface area contributed by atoms with Gasteiger partial charge >= 0.3 is 11.9 Å². The molecule has 1 aromatic rings. The average Bonchev–Trinajstić information content (AvgIpc) is 3.43. The van der Waals surface area contributed by atoms with E-state index in [9.17, 15) is 23.1 Å². The number of carbonyl (C=O) groups is 2. The van der Waals surface area contributed by atoms with Gasteiger partial charge in [0.25, 0.3) is 0 Å². The van der Waals surface area contributed by atoms with E-state index in [0.717, 1.165) is 5.56 Å². The van der Waals surface area contributed by atoms with Gasteiger partial charge in [0.15, 0.2) is 0 Å². The van der Waals surface area contributed by atoms with Crippen molar-refractivity contribution in [3.63, 3.8) is 0 Å². The number of benzene rings is 1. The van der Waals surface area contributed by atoms with E-state index in [2.05, 4.69) is 0 Å². The third kappa shape index (κ3) is 3.01. The second kappa shape index (κ2) is 6.66. The first-order valence-corrected chi connectivity index (χ1v) is 10.1. The Hall–Kier alpha value is -1.93. The van der Waals surface area contributed by atoms with Gasteiger partial charge in [0.2, 0.25) is 10.0 Å². The third-order valence-electron chi connectivity index (χ3n) is 5.59. The minimum Gasteiger partial charge on any atom is -0.481 e. The quantitative estimate of drug-likeness (QED) is 0.780. The molecule has 1 aliphatic carbocycles. The lowest BCUT2D eigenvalue weighted by Crippen LogP contribution is -2.48. The highest BCUT2D eigenvalue weighted by Gasteiger charge is 2.52. The van der Waals surface area contributed by atoms with Crippen LogP contribution in [-0.4, -0.2) is 49.5 Å². The number of aliphatic carboxylic acids is 1. The van der Waals surface area contributed by atoms with Crippen LogP contribution in [0.15, 0.2) is 29.2 Å². The number of ether oxygens (including phenoxy) is 1. The zero-order valence-electron chi connectivity index (χ0n) is 14.8. The summed E-state index contributed by atoms with van der Waals surface area (Å²) in [5.74, 6) is -1.98. The minimum absolute atomic E-state index is 0.111. The smallest absolute Gasteiger partial charge is 0.316 e. The van der Waals surface area contributed by atoms with Crippen molar-refractivity contribution in [1.82, 2.24) is 4.31 Å². The summed E-state index contributed by atoms with van der Waals surface area (Å²) in [6.07, 6.45) is 2.37. The maximum absolute atomic E-state index is 13.0. The Balaban J connectivity index is 1.86. The summed E-state index contributed by atoms with van der Waals surface area (Å²) in [7, 11) is -2.45. The van der Waals surface area contributed by atoms with Gasteiger partial charge in [0.1, 0.15) is 0 Å². The first-order chi connectivity index (χ1) is 12.2. The first kappa shape index (κ1) is 18.8. The van der Waals surface area contributed by atoms with Gasteiger partial charge in [0.05, 0.1) is 23.3 Å². The second-order valence-electron chi connectivity index (χ2n) is 7.04. The number of nitrogens with zero attached hydrogens (tertiary/aromatic N) is 1. The Morgan fingerprint density at radius 1 is 1.23 bits per heavy atom. The van der Waals surface area contributed by atoms with Crippen molar-refractivity contribution in [2.45, 2.75) is 49.0 Å². The molecule has 1 saturated carbocycles. The summed E-state index contributed by atoms with van der Waals surface area (Å²) >= 11 is 0. The third-order valence-corrected chi connectivity index (χ3v) is 7.59. The van der Waals surface area contributed by atoms with E-state index >= 15 is 0 Å². The fourth-order valence-electron chi connectivity index (χ4n) is 3.79. The van der Waals surface area contributed by atoms with Crippen molar-refractivity contribution in [3.8, 4) is 0 Å². The summed E-state index contributed by atoms with van der Waals surface area (Å²) < 4.78 is 32.1. The molecule has 0 unspecified atom stereocenters. The van der Waals surface area contributed by atoms with E-state index in [1.807, 2.05) is 0 Å². The maximum Gasteiger partial charge on any atom is 0.316 e. The van der Waals surface area contributed by atoms with Crippen LogP contribution in [0.1, 0.15) is 38.2 Å². The molecule has 1 heterocycles. The Bertz CT molecular complexity index is 813. The predicted octanol–water partition coefficient (Wildman–Crippen LogP) is 1.76. The molecule has 0 radical (unpaired) electrons. The predicted molar refractivity (Wildman–Crippen MR) is 93.1 cm³/mol. The van der Waals surface area contributed by atoms with Crippen molar-refractivity contribution in [3.05, 3.63) is 29.8 Å². The van der Waals surface area contributed by atoms with Gasteiger partial charge in [0, 0.05) is 12.6 Å². The lowest BCUT2D eigenvalue weighted by Gasteiger charge is -2.36. The largest absolute Gasteiger partial charge is 0.481 e. The molecular weight excluding hydrogens is 358 g/mol. The molecule has 2 fully saturated rings. The highest BCUT2D eigenvalue weighted by atomic mass is 32.2. The van der Waals surface area contributed by atoms with Gasteiger partial charge in [-0.2, -0.15) is 4.31 Å². The number of methoxy groups -OCH3 is 1. The molecule has 1 aromatic carbocycles. The summed E-state index contributed by atoms with van der Waals surface area (Å²) in [6, 6.07) is 5.69. The number of esters is 1. The standard InChI is InChI=1S/C18H23NO6S/c1-12-15(16(20)21)4-3-11-19(12)26(23,24)14-7-5-13(6-8-14)18(9-10-18)17(22)25-2/h5-8,12,15H,3-4,9-11H2,1-2H3,(H,20,21)/t12-,15-/m0/s1. The molecule has 2 aliphatic rings. The van der Waals surface area contributed by atoms with Crippen LogP contribution >= 0.6 is 0 Å². The molecule has 3 rings (SSSR count). The average molecular weight is 381 g/mol. The van der Waals surface area contributed by atoms with E-state index in [1.165, 1.54) is 23.5 Å². The highest BCUT2D eigenvalue weighted by Crippen LogP contribution is 2.49. The summed E-state index contributed by atoms with van der Waals surface area (Å²) in [5, 5.41) is 9.31. The first-order valence-electron chi connectivity index (χ1n) is 8.67. The van der Waals surface area contributed by atoms with Gasteiger partial charge in [-0.05, 0) is 50.3 Å². The molecule has 26 heavy (non-hydrogen) atoms. The molecule has 1 saturated heterocycles. The number of carboxylic acids is 1. The molecule has 8 heteroatoms. The Labute approximate surface area is 153 Å². The van der Waals surface area contributed by atoms with Crippen LogP contribution in [0, 0.1) is 5.92 Å². The van der Waals surface area contributed by atoms with Crippen LogP contribution in [0.4, 0.5) is 0 Å². The minimum atomic E-state index is -3.79. The molecule has 7 nitrogen and oxygen atoms in total. The summed E-state index contributed by atoms with van der Waals surface area (Å²) in [5.41, 5.74) is 0.0996. The highest BCUT2D eigenvalue weighted by molar-refractivity contribution is 7.89. The number of carbonyl (C=O) groups excluding carboxylic acids is 1. The number of sulfonamides is 1. The molecule has 1 N–H and O–H groups in total. The van der Waals surface area contributed by atoms with Gasteiger partial charge in [-0.1, -0.05) is 12.1 Å². The lowest BCUT2D eigenvalue weighted by atomic mass is 9.92. The molecule has 142 valence electrons. The van der Waals surface area contributed by atoms with Gasteiger partial charge in [-0.25, -0.2) is 8.42 Å². The zero-order valence-corrected chi connectivity index (χ0v) is 15.7. The monoisotopic (exact) mass is 381 g/mol. The van der Waals surface area contributed by atoms with Crippen molar-refractivity contribution in [2.24, 2.45) is 5.92 Å². The van der Waals surface area contributed by atoms with E-state index in [1.54, 1.807) is 19.1 Å². The number of hydrogen-bond acceptors (Lipinski definition) is 5. The number of rotatable bonds is 5. The Morgan fingerprint density at radius 2 is 1.85 bits per heavy atom. The fourth-order valence-corrected chi connectivity index (χ4v) is 5.50. The van der Waals surface area contributed by atoms with Crippen molar-refractivity contribution in [1.29, 1.82) is 0 Å². The van der Waals surface area contributed by atoms with E-state index in [4.69, 9.17) is 4.74 Å². The van der Waals surface area contributed by atoms with Crippen LogP contribution in [0.2, 0.25) is 0 Å². The fraction of sp³-hybridized carbons (Fsp3) is 0.556. The van der Waals surface area contributed by atoms with Crippen molar-refractivity contribution in [2.75, 3.05) is 13.7 Å². The van der Waals surface area contributed by atoms with E-state index in [-0.39, 0.29) is 10.9 Å². The van der Waals surface area contributed by atoms with Gasteiger partial charge < -0.3 is 9.84 Å². The number of carboxylic acid groups (broad SMARTS) is 1. The van der Waals surface area contributed by atoms with E-state index < -0.39 is 33.4 Å². The van der Waals surface area contributed by atoms with Gasteiger partial charge in [-0.3, -0.25) is 9.59 Å². The molecular formula is C18H23NO6S. The van der Waals surface area contributed by atoms with Crippen LogP contribution in [-0.2, 0) is 29.8 Å². The molecule has 0 bridgehead atoms. The van der Waals surface area contributed by atoms with Crippen LogP contribution < -0.4 is 0 Å². The van der Waals surface area contributed by atoms with Gasteiger partial charge in [-0.15, -0.1) is 0 Å². The topological polar surface area (TPSA) is 101 Å². The molecule has 0 amide bonds. The molecule has 2 atom stereocenters. The Morgan fingerprint density at radius 3 is 2.35 bits per heavy atom. The Kier molecular flexibility index (Phi) is 4.83. The summed E-state index contributed by atoms with van der Waals surface area (Å²) in [6.45, 7) is 1.95. The van der Waals surface area contributed by atoms with Crippen molar-refractivity contribution < 1.29 is 27.9 Å². The van der Waals surface area contributed by atoms with Crippen LogP contribution in [0.5, 0.6) is 0 Å².